The van der Waals surface area contributed by atoms with Crippen molar-refractivity contribution in [1.29, 1.82) is 0 Å². The molecule has 2 aromatic carbocycles. The van der Waals surface area contributed by atoms with E-state index in [2.05, 4.69) is 10.6 Å². The molecule has 1 heterocycles. The van der Waals surface area contributed by atoms with Gasteiger partial charge in [0.2, 0.25) is 0 Å². The molecule has 0 spiro atoms. The van der Waals surface area contributed by atoms with Crippen molar-refractivity contribution in [2.45, 2.75) is 5.16 Å². The lowest BCUT2D eigenvalue weighted by Crippen LogP contribution is -1.99. The number of benzene rings is 2. The number of hydrogen-bond donors (Lipinski definition) is 0. The first-order chi connectivity index (χ1) is 10.8. The van der Waals surface area contributed by atoms with Crippen molar-refractivity contribution in [1.82, 2.24) is 9.55 Å². The van der Waals surface area contributed by atoms with Gasteiger partial charge in [0.25, 0.3) is 0 Å². The molecule has 0 aliphatic rings. The van der Waals surface area contributed by atoms with Crippen molar-refractivity contribution in [3.05, 3.63) is 48.5 Å². The third-order valence-electron chi connectivity index (χ3n) is 3.38. The maximum Gasteiger partial charge on any atom is 0.173 e. The second-order valence-electron chi connectivity index (χ2n) is 4.76. The van der Waals surface area contributed by atoms with E-state index in [9.17, 15) is 0 Å². The average Bonchev–Trinajstić information content (AvgIpc) is 2.93. The van der Waals surface area contributed by atoms with Crippen molar-refractivity contribution in [3.63, 3.8) is 0 Å². The smallest absolute Gasteiger partial charge is 0.173 e. The van der Waals surface area contributed by atoms with Crippen LogP contribution in [0, 0.1) is 0 Å². The Balaban J connectivity index is 2.05. The molecule has 3 rings (SSSR count). The van der Waals surface area contributed by atoms with Crippen LogP contribution >= 0.6 is 11.8 Å². The van der Waals surface area contributed by atoms with Crippen LogP contribution in [-0.4, -0.2) is 36.1 Å². The van der Waals surface area contributed by atoms with Gasteiger partial charge < -0.3 is 9.47 Å². The van der Waals surface area contributed by atoms with Gasteiger partial charge in [0.1, 0.15) is 5.75 Å². The minimum Gasteiger partial charge on any atom is -0.497 e. The fourth-order valence-electron chi connectivity index (χ4n) is 2.30. The molecule has 0 saturated heterocycles. The van der Waals surface area contributed by atoms with Crippen LogP contribution < -0.4 is 4.74 Å². The number of ether oxygens (including phenoxy) is 2. The highest BCUT2D eigenvalue weighted by atomic mass is 32.2. The van der Waals surface area contributed by atoms with Crippen LogP contribution in [-0.2, 0) is 4.74 Å². The van der Waals surface area contributed by atoms with E-state index in [-0.39, 0.29) is 0 Å². The predicted molar refractivity (Wildman–Crippen MR) is 90.2 cm³/mol. The molecule has 4 nitrogen and oxygen atoms in total. The van der Waals surface area contributed by atoms with Crippen molar-refractivity contribution < 1.29 is 9.47 Å². The zero-order valence-electron chi connectivity index (χ0n) is 12.7. The van der Waals surface area contributed by atoms with E-state index in [0.717, 1.165) is 33.4 Å². The molecular formula is C17H18N2O2S. The molecule has 0 fully saturated rings. The molecule has 0 unspecified atom stereocenters. The number of para-hydroxylation sites is 2. The van der Waals surface area contributed by atoms with Crippen LogP contribution in [0.15, 0.2) is 53.7 Å². The first-order valence-corrected chi connectivity index (χ1v) is 8.05. The number of nitrogens with zero attached hydrogens (tertiary/aromatic N) is 2. The van der Waals surface area contributed by atoms with Gasteiger partial charge in [-0.3, -0.25) is 4.57 Å². The topological polar surface area (TPSA) is 36.3 Å². The number of rotatable bonds is 6. The Morgan fingerprint density at radius 3 is 2.55 bits per heavy atom. The van der Waals surface area contributed by atoms with Gasteiger partial charge in [-0.2, -0.15) is 0 Å². The molecule has 0 aliphatic heterocycles. The zero-order chi connectivity index (χ0) is 15.4. The Hall–Kier alpha value is -1.98. The maximum absolute atomic E-state index is 5.24. The van der Waals surface area contributed by atoms with Gasteiger partial charge in [0.05, 0.1) is 24.8 Å². The van der Waals surface area contributed by atoms with Crippen LogP contribution in [0.5, 0.6) is 5.75 Å². The van der Waals surface area contributed by atoms with Crippen LogP contribution in [0.25, 0.3) is 16.7 Å². The molecular weight excluding hydrogens is 296 g/mol. The van der Waals surface area contributed by atoms with E-state index < -0.39 is 0 Å². The summed E-state index contributed by atoms with van der Waals surface area (Å²) in [6.45, 7) is 0.705. The van der Waals surface area contributed by atoms with Crippen molar-refractivity contribution in [3.8, 4) is 11.4 Å². The summed E-state index contributed by atoms with van der Waals surface area (Å²) in [6.07, 6.45) is 0. The van der Waals surface area contributed by atoms with Gasteiger partial charge in [0.15, 0.2) is 5.16 Å². The first kappa shape index (κ1) is 14.9. The molecule has 0 aliphatic carbocycles. The lowest BCUT2D eigenvalue weighted by Gasteiger charge is -2.09. The summed E-state index contributed by atoms with van der Waals surface area (Å²) >= 11 is 1.70. The van der Waals surface area contributed by atoms with Gasteiger partial charge in [-0.25, -0.2) is 4.98 Å². The summed E-state index contributed by atoms with van der Waals surface area (Å²) in [5.74, 6) is 1.72. The van der Waals surface area contributed by atoms with E-state index in [1.54, 1.807) is 26.0 Å². The van der Waals surface area contributed by atoms with Gasteiger partial charge in [-0.05, 0) is 36.4 Å². The van der Waals surface area contributed by atoms with E-state index in [1.165, 1.54) is 0 Å². The van der Waals surface area contributed by atoms with E-state index >= 15 is 0 Å². The average molecular weight is 314 g/mol. The standard InChI is InChI=1S/C17H18N2O2S/c1-20-11-12-22-17-18-15-5-3-4-6-16(15)19(17)13-7-9-14(21-2)10-8-13/h3-10H,11-12H2,1-2H3. The second kappa shape index (κ2) is 6.85. The number of methoxy groups -OCH3 is 2. The molecule has 0 bridgehead atoms. The predicted octanol–water partition coefficient (Wildman–Crippen LogP) is 3.77. The van der Waals surface area contributed by atoms with Gasteiger partial charge >= 0.3 is 0 Å². The fourth-order valence-corrected chi connectivity index (χ4v) is 3.23. The SMILES string of the molecule is COCCSc1nc2ccccc2n1-c1ccc(OC)cc1. The molecule has 0 amide bonds. The number of aromatic nitrogens is 2. The quantitative estimate of drug-likeness (QED) is 0.512. The molecule has 114 valence electrons. The highest BCUT2D eigenvalue weighted by Crippen LogP contribution is 2.28. The largest absolute Gasteiger partial charge is 0.497 e. The number of thioether (sulfide) groups is 1. The molecule has 0 saturated carbocycles. The van der Waals surface area contributed by atoms with Crippen molar-refractivity contribution >= 4 is 22.8 Å². The number of fused-ring (bicyclic) bond motifs is 1. The Morgan fingerprint density at radius 1 is 1.05 bits per heavy atom. The summed E-state index contributed by atoms with van der Waals surface area (Å²) in [4.78, 5) is 4.74. The third kappa shape index (κ3) is 2.96. The molecule has 3 aromatic rings. The molecule has 0 atom stereocenters. The summed E-state index contributed by atoms with van der Waals surface area (Å²) in [6, 6.07) is 16.2. The highest BCUT2D eigenvalue weighted by Gasteiger charge is 2.12. The normalized spacial score (nSPS) is 11.0. The summed E-state index contributed by atoms with van der Waals surface area (Å²) in [7, 11) is 3.39. The van der Waals surface area contributed by atoms with E-state index in [0.29, 0.717) is 6.61 Å². The number of imidazole rings is 1. The van der Waals surface area contributed by atoms with Gasteiger partial charge in [-0.15, -0.1) is 0 Å². The molecule has 1 aromatic heterocycles. The fraction of sp³-hybridized carbons (Fsp3) is 0.235. The second-order valence-corrected chi connectivity index (χ2v) is 5.82. The summed E-state index contributed by atoms with van der Waals surface area (Å²) in [5.41, 5.74) is 3.18. The third-order valence-corrected chi connectivity index (χ3v) is 4.28. The Bertz CT molecular complexity index is 753. The lowest BCUT2D eigenvalue weighted by molar-refractivity contribution is 0.218. The Kier molecular flexibility index (Phi) is 4.65. The minimum absolute atomic E-state index is 0.705. The first-order valence-electron chi connectivity index (χ1n) is 7.07. The van der Waals surface area contributed by atoms with Crippen LogP contribution in [0.4, 0.5) is 0 Å². The van der Waals surface area contributed by atoms with Crippen molar-refractivity contribution in [2.75, 3.05) is 26.6 Å². The number of hydrogen-bond acceptors (Lipinski definition) is 4. The lowest BCUT2D eigenvalue weighted by atomic mass is 10.2. The summed E-state index contributed by atoms with van der Waals surface area (Å²) < 4.78 is 12.6. The van der Waals surface area contributed by atoms with E-state index in [1.807, 2.05) is 42.5 Å². The molecule has 22 heavy (non-hydrogen) atoms. The van der Waals surface area contributed by atoms with Gasteiger partial charge in [0, 0.05) is 18.6 Å². The molecule has 0 radical (unpaired) electrons. The highest BCUT2D eigenvalue weighted by molar-refractivity contribution is 7.99. The molecule has 5 heteroatoms. The Morgan fingerprint density at radius 2 is 1.82 bits per heavy atom. The van der Waals surface area contributed by atoms with Crippen LogP contribution in [0.2, 0.25) is 0 Å². The van der Waals surface area contributed by atoms with Crippen LogP contribution in [0.1, 0.15) is 0 Å². The maximum atomic E-state index is 5.24. The Labute approximate surface area is 134 Å². The van der Waals surface area contributed by atoms with E-state index in [4.69, 9.17) is 14.5 Å². The summed E-state index contributed by atoms with van der Waals surface area (Å²) in [5, 5.41) is 0.975. The van der Waals surface area contributed by atoms with Crippen LogP contribution in [0.3, 0.4) is 0 Å². The van der Waals surface area contributed by atoms with Crippen molar-refractivity contribution in [2.24, 2.45) is 0 Å². The monoisotopic (exact) mass is 314 g/mol. The molecule has 0 N–H and O–H groups in total. The van der Waals surface area contributed by atoms with Gasteiger partial charge in [-0.1, -0.05) is 23.9 Å². The minimum atomic E-state index is 0.705. The zero-order valence-corrected chi connectivity index (χ0v) is 13.5.